The number of nitrogens with one attached hydrogen (secondary N) is 1. The highest BCUT2D eigenvalue weighted by Crippen LogP contribution is 2.26. The van der Waals surface area contributed by atoms with Gasteiger partial charge in [0.05, 0.1) is 4.90 Å². The van der Waals surface area contributed by atoms with Gasteiger partial charge < -0.3 is 10.2 Å². The molecule has 2 heterocycles. The second kappa shape index (κ2) is 9.52. The van der Waals surface area contributed by atoms with Crippen molar-refractivity contribution in [1.82, 2.24) is 14.5 Å². The summed E-state index contributed by atoms with van der Waals surface area (Å²) >= 11 is 0. The Balaban J connectivity index is 1.54. The fourth-order valence-electron chi connectivity index (χ4n) is 3.91. The Morgan fingerprint density at radius 3 is 2.32 bits per heavy atom. The van der Waals surface area contributed by atoms with Crippen LogP contribution < -0.4 is 5.32 Å². The van der Waals surface area contributed by atoms with Crippen molar-refractivity contribution >= 4 is 21.8 Å². The number of rotatable bonds is 6. The first-order valence-electron chi connectivity index (χ1n) is 10.1. The lowest BCUT2D eigenvalue weighted by Crippen LogP contribution is -2.46. The zero-order valence-electron chi connectivity index (χ0n) is 16.2. The van der Waals surface area contributed by atoms with Crippen LogP contribution in [0.5, 0.6) is 0 Å². The molecular weight excluding hydrogens is 378 g/mol. The molecule has 7 nitrogen and oxygen atoms in total. The average molecular weight is 408 g/mol. The monoisotopic (exact) mass is 407 g/mol. The van der Waals surface area contributed by atoms with Crippen molar-refractivity contribution in [3.05, 3.63) is 30.3 Å². The largest absolute Gasteiger partial charge is 0.354 e. The first-order valence-corrected chi connectivity index (χ1v) is 11.6. The van der Waals surface area contributed by atoms with Crippen molar-refractivity contribution in [1.29, 1.82) is 0 Å². The Morgan fingerprint density at radius 2 is 1.64 bits per heavy atom. The van der Waals surface area contributed by atoms with E-state index in [2.05, 4.69) is 5.32 Å². The lowest BCUT2D eigenvalue weighted by atomic mass is 10.2. The highest BCUT2D eigenvalue weighted by atomic mass is 32.2. The predicted molar refractivity (Wildman–Crippen MR) is 106 cm³/mol. The van der Waals surface area contributed by atoms with E-state index in [1.807, 2.05) is 4.90 Å². The summed E-state index contributed by atoms with van der Waals surface area (Å²) in [4.78, 5) is 27.0. The molecule has 3 rings (SSSR count). The van der Waals surface area contributed by atoms with Crippen molar-refractivity contribution in [3.63, 3.8) is 0 Å². The van der Waals surface area contributed by atoms with E-state index >= 15 is 0 Å². The van der Waals surface area contributed by atoms with E-state index in [0.717, 1.165) is 38.8 Å². The normalized spacial score (nSPS) is 21.3. The van der Waals surface area contributed by atoms with Crippen LogP contribution in [0.1, 0.15) is 44.9 Å². The molecule has 0 spiro atoms. The number of amides is 2. The third-order valence-corrected chi connectivity index (χ3v) is 7.38. The molecule has 2 amide bonds. The summed E-state index contributed by atoms with van der Waals surface area (Å²) in [5.74, 6) is -0.261. The maximum absolute atomic E-state index is 12.9. The van der Waals surface area contributed by atoms with Gasteiger partial charge in [0.1, 0.15) is 6.04 Å². The minimum atomic E-state index is -3.70. The fraction of sp³-hybridized carbons (Fsp3) is 0.600. The first kappa shape index (κ1) is 20.8. The van der Waals surface area contributed by atoms with Gasteiger partial charge in [0.2, 0.25) is 21.8 Å². The molecule has 1 atom stereocenters. The van der Waals surface area contributed by atoms with Gasteiger partial charge in [0, 0.05) is 32.6 Å². The van der Waals surface area contributed by atoms with Crippen molar-refractivity contribution in [2.24, 2.45) is 0 Å². The third-order valence-electron chi connectivity index (χ3n) is 5.45. The number of carbonyl (C=O) groups excluding carboxylic acids is 2. The van der Waals surface area contributed by atoms with Gasteiger partial charge in [-0.05, 0) is 37.8 Å². The van der Waals surface area contributed by atoms with Crippen LogP contribution in [-0.4, -0.2) is 61.7 Å². The van der Waals surface area contributed by atoms with Crippen molar-refractivity contribution < 1.29 is 18.0 Å². The zero-order chi connectivity index (χ0) is 20.0. The van der Waals surface area contributed by atoms with E-state index < -0.39 is 16.1 Å². The lowest BCUT2D eigenvalue weighted by molar-refractivity contribution is -0.131. The molecule has 2 fully saturated rings. The summed E-state index contributed by atoms with van der Waals surface area (Å²) in [5, 5.41) is 2.77. The number of likely N-dealkylation sites (tertiary alicyclic amines) is 1. The Kier molecular flexibility index (Phi) is 7.07. The molecule has 1 aromatic carbocycles. The number of nitrogens with zero attached hydrogens (tertiary/aromatic N) is 2. The molecule has 8 heteroatoms. The quantitative estimate of drug-likeness (QED) is 0.778. The van der Waals surface area contributed by atoms with Gasteiger partial charge in [-0.15, -0.1) is 0 Å². The van der Waals surface area contributed by atoms with Crippen LogP contribution >= 0.6 is 0 Å². The van der Waals surface area contributed by atoms with Crippen molar-refractivity contribution in [3.8, 4) is 0 Å². The maximum atomic E-state index is 12.9. The first-order chi connectivity index (χ1) is 13.5. The molecule has 1 aromatic rings. The van der Waals surface area contributed by atoms with Crippen LogP contribution in [-0.2, 0) is 19.6 Å². The second-order valence-electron chi connectivity index (χ2n) is 7.42. The minimum absolute atomic E-state index is 0.0578. The van der Waals surface area contributed by atoms with Gasteiger partial charge in [0.25, 0.3) is 0 Å². The molecule has 2 saturated heterocycles. The van der Waals surface area contributed by atoms with Crippen LogP contribution in [0.3, 0.4) is 0 Å². The Labute approximate surface area is 167 Å². The van der Waals surface area contributed by atoms with Gasteiger partial charge in [-0.3, -0.25) is 9.59 Å². The zero-order valence-corrected chi connectivity index (χ0v) is 17.0. The van der Waals surface area contributed by atoms with Crippen LogP contribution in [0.25, 0.3) is 0 Å². The number of hydrogen-bond donors (Lipinski definition) is 1. The van der Waals surface area contributed by atoms with Gasteiger partial charge in [-0.25, -0.2) is 8.42 Å². The Hall–Kier alpha value is -1.93. The molecule has 0 bridgehead atoms. The molecule has 2 aliphatic heterocycles. The smallest absolute Gasteiger partial charge is 0.243 e. The standard InChI is InChI=1S/C20H29N3O4S/c24-19(22-14-6-1-2-7-15-22)12-13-21-20(25)18-11-8-16-23(18)28(26,27)17-9-4-3-5-10-17/h3-5,9-10,18H,1-2,6-8,11-16H2,(H,21,25). The Morgan fingerprint density at radius 1 is 0.964 bits per heavy atom. The van der Waals surface area contributed by atoms with E-state index in [1.54, 1.807) is 30.3 Å². The molecule has 0 aliphatic carbocycles. The summed E-state index contributed by atoms with van der Waals surface area (Å²) in [6, 6.07) is 7.48. The number of carbonyl (C=O) groups is 2. The van der Waals surface area contributed by atoms with Gasteiger partial charge in [0.15, 0.2) is 0 Å². The maximum Gasteiger partial charge on any atom is 0.243 e. The molecule has 0 saturated carbocycles. The lowest BCUT2D eigenvalue weighted by Gasteiger charge is -2.24. The van der Waals surface area contributed by atoms with E-state index in [0.29, 0.717) is 19.4 Å². The van der Waals surface area contributed by atoms with Crippen LogP contribution in [0, 0.1) is 0 Å². The van der Waals surface area contributed by atoms with Crippen LogP contribution in [0.4, 0.5) is 0 Å². The minimum Gasteiger partial charge on any atom is -0.354 e. The number of sulfonamides is 1. The highest BCUT2D eigenvalue weighted by molar-refractivity contribution is 7.89. The van der Waals surface area contributed by atoms with E-state index in [4.69, 9.17) is 0 Å². The topological polar surface area (TPSA) is 86.8 Å². The molecule has 1 unspecified atom stereocenters. The molecule has 28 heavy (non-hydrogen) atoms. The van der Waals surface area contributed by atoms with E-state index in [1.165, 1.54) is 4.31 Å². The highest BCUT2D eigenvalue weighted by Gasteiger charge is 2.39. The van der Waals surface area contributed by atoms with Crippen molar-refractivity contribution in [2.75, 3.05) is 26.2 Å². The molecule has 0 radical (unpaired) electrons. The van der Waals surface area contributed by atoms with E-state index in [-0.39, 0.29) is 29.7 Å². The molecule has 1 N–H and O–H groups in total. The summed E-state index contributed by atoms with van der Waals surface area (Å²) in [6.45, 7) is 2.16. The summed E-state index contributed by atoms with van der Waals surface area (Å²) in [7, 11) is -3.70. The number of hydrogen-bond acceptors (Lipinski definition) is 4. The SMILES string of the molecule is O=C(NCCC(=O)N1CCCCCC1)C1CCCN1S(=O)(=O)c1ccccc1. The third kappa shape index (κ3) is 4.91. The fourth-order valence-corrected chi connectivity index (χ4v) is 5.58. The molecule has 0 aromatic heterocycles. The summed E-state index contributed by atoms with van der Waals surface area (Å²) in [6.07, 6.45) is 5.79. The summed E-state index contributed by atoms with van der Waals surface area (Å²) in [5.41, 5.74) is 0. The summed E-state index contributed by atoms with van der Waals surface area (Å²) < 4.78 is 27.0. The second-order valence-corrected chi connectivity index (χ2v) is 9.31. The molecule has 2 aliphatic rings. The van der Waals surface area contributed by atoms with Crippen LogP contribution in [0.2, 0.25) is 0 Å². The average Bonchev–Trinajstić information content (AvgIpc) is 3.05. The molecule has 154 valence electrons. The van der Waals surface area contributed by atoms with Gasteiger partial charge >= 0.3 is 0 Å². The molecular formula is C20H29N3O4S. The Bertz CT molecular complexity index is 774. The number of benzene rings is 1. The van der Waals surface area contributed by atoms with Crippen molar-refractivity contribution in [2.45, 2.75) is 55.9 Å². The van der Waals surface area contributed by atoms with Gasteiger partial charge in [-0.1, -0.05) is 31.0 Å². The van der Waals surface area contributed by atoms with E-state index in [9.17, 15) is 18.0 Å². The van der Waals surface area contributed by atoms with Crippen LogP contribution in [0.15, 0.2) is 35.2 Å². The predicted octanol–water partition coefficient (Wildman–Crippen LogP) is 1.75. The van der Waals surface area contributed by atoms with Gasteiger partial charge in [-0.2, -0.15) is 4.31 Å².